The van der Waals surface area contributed by atoms with Gasteiger partial charge in [0, 0.05) is 18.1 Å². The first kappa shape index (κ1) is 21.1. The number of rotatable bonds is 4. The average molecular weight is 449 g/mol. The molecule has 10 heteroatoms. The monoisotopic (exact) mass is 449 g/mol. The van der Waals surface area contributed by atoms with E-state index >= 15 is 0 Å². The van der Waals surface area contributed by atoms with Crippen LogP contribution in [0.25, 0.3) is 0 Å². The summed E-state index contributed by atoms with van der Waals surface area (Å²) in [6.45, 7) is 0. The molecule has 2 N–H and O–H groups in total. The van der Waals surface area contributed by atoms with Crippen molar-refractivity contribution >= 4 is 23.5 Å². The first-order valence-corrected chi connectivity index (χ1v) is 10.2. The summed E-state index contributed by atoms with van der Waals surface area (Å²) in [6.07, 6.45) is -4.56. The van der Waals surface area contributed by atoms with Gasteiger partial charge in [0.15, 0.2) is 5.16 Å². The lowest BCUT2D eigenvalue weighted by atomic mass is 9.86. The number of alkyl halides is 3. The Morgan fingerprint density at radius 3 is 2.52 bits per heavy atom. The van der Waals surface area contributed by atoms with Crippen LogP contribution in [-0.2, 0) is 16.7 Å². The molecule has 2 heterocycles. The van der Waals surface area contributed by atoms with E-state index in [4.69, 9.17) is 0 Å². The Hall–Kier alpha value is -3.14. The minimum atomic E-state index is -4.48. The Morgan fingerprint density at radius 2 is 1.84 bits per heavy atom. The van der Waals surface area contributed by atoms with Gasteiger partial charge in [-0.05, 0) is 35.4 Å². The van der Waals surface area contributed by atoms with Crippen molar-refractivity contribution in [1.82, 2.24) is 9.97 Å². The maximum Gasteiger partial charge on any atom is 0.416 e. The molecule has 0 fully saturated rings. The number of halogens is 4. The van der Waals surface area contributed by atoms with Crippen molar-refractivity contribution in [3.8, 4) is 0 Å². The summed E-state index contributed by atoms with van der Waals surface area (Å²) in [6, 6.07) is 10.4. The van der Waals surface area contributed by atoms with Crippen molar-refractivity contribution in [2.45, 2.75) is 29.4 Å². The number of nitrogens with zero attached hydrogens (tertiary/aromatic N) is 1. The van der Waals surface area contributed by atoms with Gasteiger partial charge < -0.3 is 10.3 Å². The van der Waals surface area contributed by atoms with Gasteiger partial charge in [-0.2, -0.15) is 13.2 Å². The van der Waals surface area contributed by atoms with Crippen molar-refractivity contribution in [2.75, 3.05) is 5.32 Å². The number of anilines is 1. The van der Waals surface area contributed by atoms with Crippen LogP contribution in [0.3, 0.4) is 0 Å². The molecule has 1 aromatic heterocycles. The van der Waals surface area contributed by atoms with E-state index < -0.39 is 29.1 Å². The quantitative estimate of drug-likeness (QED) is 0.344. The summed E-state index contributed by atoms with van der Waals surface area (Å²) in [4.78, 5) is 31.9. The zero-order valence-electron chi connectivity index (χ0n) is 15.8. The van der Waals surface area contributed by atoms with Crippen LogP contribution in [0.5, 0.6) is 0 Å². The van der Waals surface area contributed by atoms with Gasteiger partial charge in [-0.1, -0.05) is 36.0 Å². The molecule has 0 bridgehead atoms. The molecule has 5 nitrogen and oxygen atoms in total. The van der Waals surface area contributed by atoms with E-state index in [1.165, 1.54) is 24.3 Å². The first-order chi connectivity index (χ1) is 14.7. The highest BCUT2D eigenvalue weighted by Gasteiger charge is 2.33. The summed E-state index contributed by atoms with van der Waals surface area (Å²) in [7, 11) is 0. The summed E-state index contributed by atoms with van der Waals surface area (Å²) in [5.74, 6) is -1.07. The highest BCUT2D eigenvalue weighted by molar-refractivity contribution is 7.98. The molecule has 2 aromatic carbocycles. The first-order valence-electron chi connectivity index (χ1n) is 9.19. The van der Waals surface area contributed by atoms with Gasteiger partial charge >= 0.3 is 6.18 Å². The molecule has 0 aliphatic carbocycles. The molecule has 1 atom stereocenters. The number of carbonyl (C=O) groups is 1. The summed E-state index contributed by atoms with van der Waals surface area (Å²) >= 11 is 1.16. The Morgan fingerprint density at radius 1 is 1.10 bits per heavy atom. The number of nitrogens with one attached hydrogen (secondary N) is 2. The predicted octanol–water partition coefficient (Wildman–Crippen LogP) is 4.69. The number of H-pyrrole nitrogens is 1. The zero-order chi connectivity index (χ0) is 22.2. The lowest BCUT2D eigenvalue weighted by Gasteiger charge is -2.24. The highest BCUT2D eigenvalue weighted by Crippen LogP contribution is 2.36. The average Bonchev–Trinajstić information content (AvgIpc) is 2.71. The third-order valence-corrected chi connectivity index (χ3v) is 5.78. The topological polar surface area (TPSA) is 74.8 Å². The normalized spacial score (nSPS) is 16.0. The zero-order valence-corrected chi connectivity index (χ0v) is 16.6. The van der Waals surface area contributed by atoms with Crippen LogP contribution >= 0.6 is 11.8 Å². The van der Waals surface area contributed by atoms with Crippen molar-refractivity contribution in [2.24, 2.45) is 0 Å². The fraction of sp³-hybridized carbons (Fsp3) is 0.190. The minimum Gasteiger partial charge on any atom is -0.310 e. The van der Waals surface area contributed by atoms with Gasteiger partial charge in [0.05, 0.1) is 11.1 Å². The van der Waals surface area contributed by atoms with E-state index in [0.717, 1.165) is 23.9 Å². The maximum absolute atomic E-state index is 13.3. The molecule has 1 aliphatic rings. The molecule has 160 valence electrons. The molecule has 4 rings (SSSR count). The molecule has 1 aliphatic heterocycles. The molecular formula is C21H15F4N3O2S. The van der Waals surface area contributed by atoms with Gasteiger partial charge in [-0.3, -0.25) is 9.59 Å². The van der Waals surface area contributed by atoms with Crippen molar-refractivity contribution in [3.63, 3.8) is 0 Å². The van der Waals surface area contributed by atoms with Crippen LogP contribution < -0.4 is 10.9 Å². The lowest BCUT2D eigenvalue weighted by Crippen LogP contribution is -2.31. The number of amides is 1. The summed E-state index contributed by atoms with van der Waals surface area (Å²) in [5, 5.41) is 2.80. The molecule has 3 aromatic rings. The number of fused-ring (bicyclic) bond motifs is 1. The molecule has 31 heavy (non-hydrogen) atoms. The number of aromatic amines is 1. The van der Waals surface area contributed by atoms with Crippen molar-refractivity contribution in [3.05, 3.63) is 87.0 Å². The van der Waals surface area contributed by atoms with Crippen molar-refractivity contribution in [1.29, 1.82) is 0 Å². The Balaban J connectivity index is 1.63. The van der Waals surface area contributed by atoms with Gasteiger partial charge in [0.1, 0.15) is 11.6 Å². The maximum atomic E-state index is 13.3. The molecule has 1 amide bonds. The third-order valence-electron chi connectivity index (χ3n) is 4.83. The van der Waals surface area contributed by atoms with E-state index in [9.17, 15) is 27.2 Å². The molecule has 0 spiro atoms. The van der Waals surface area contributed by atoms with Gasteiger partial charge in [0.25, 0.3) is 5.56 Å². The number of carbonyl (C=O) groups excluding carboxylic acids is 1. The largest absolute Gasteiger partial charge is 0.416 e. The second-order valence-electron chi connectivity index (χ2n) is 6.98. The van der Waals surface area contributed by atoms with Gasteiger partial charge in [-0.25, -0.2) is 9.37 Å². The Labute approximate surface area is 177 Å². The molecule has 1 unspecified atom stereocenters. The van der Waals surface area contributed by atoms with E-state index in [0.29, 0.717) is 16.9 Å². The molecule has 0 saturated carbocycles. The van der Waals surface area contributed by atoms with Crippen LogP contribution in [0.2, 0.25) is 0 Å². The van der Waals surface area contributed by atoms with Crippen LogP contribution in [0, 0.1) is 5.82 Å². The fourth-order valence-electron chi connectivity index (χ4n) is 3.39. The van der Waals surface area contributed by atoms with E-state index in [1.807, 2.05) is 0 Å². The van der Waals surface area contributed by atoms with Crippen LogP contribution in [0.15, 0.2) is 58.5 Å². The molecule has 0 saturated heterocycles. The standard InChI is InChI=1S/C21H15F4N3O2S/c22-14-3-1-2-11(8-14)10-31-20-27-18-17(19(30)28-20)15(9-16(29)26-18)12-4-6-13(7-5-12)21(23,24)25/h1-8,15H,9-10H2,(H2,26,27,28,29,30). The SMILES string of the molecule is O=C1CC(c2ccc(C(F)(F)F)cc2)c2c(nc(SCc3cccc(F)c3)[nH]c2=O)N1. The second-order valence-corrected chi connectivity index (χ2v) is 7.94. The lowest BCUT2D eigenvalue weighted by molar-refractivity contribution is -0.137. The van der Waals surface area contributed by atoms with Crippen LogP contribution in [0.4, 0.5) is 23.4 Å². The number of thioether (sulfide) groups is 1. The third kappa shape index (κ3) is 4.63. The van der Waals surface area contributed by atoms with Crippen LogP contribution in [0.1, 0.15) is 34.6 Å². The Bertz CT molecular complexity index is 1190. The number of hydrogen-bond donors (Lipinski definition) is 2. The van der Waals surface area contributed by atoms with E-state index in [2.05, 4.69) is 15.3 Å². The number of benzene rings is 2. The van der Waals surface area contributed by atoms with Crippen molar-refractivity contribution < 1.29 is 22.4 Å². The number of hydrogen-bond acceptors (Lipinski definition) is 4. The molecule has 0 radical (unpaired) electrons. The van der Waals surface area contributed by atoms with Gasteiger partial charge in [-0.15, -0.1) is 0 Å². The minimum absolute atomic E-state index is 0.0756. The van der Waals surface area contributed by atoms with E-state index in [1.54, 1.807) is 12.1 Å². The summed E-state index contributed by atoms with van der Waals surface area (Å²) in [5.41, 5.74) is -0.00688. The highest BCUT2D eigenvalue weighted by atomic mass is 32.2. The second kappa shape index (κ2) is 8.18. The smallest absolute Gasteiger partial charge is 0.310 e. The van der Waals surface area contributed by atoms with E-state index in [-0.39, 0.29) is 28.8 Å². The number of aromatic nitrogens is 2. The Kier molecular flexibility index (Phi) is 5.57. The van der Waals surface area contributed by atoms with Crippen LogP contribution in [-0.4, -0.2) is 15.9 Å². The molecular weight excluding hydrogens is 434 g/mol. The van der Waals surface area contributed by atoms with Gasteiger partial charge in [0.2, 0.25) is 5.91 Å². The fourth-order valence-corrected chi connectivity index (χ4v) is 4.19. The predicted molar refractivity (Wildman–Crippen MR) is 107 cm³/mol. The summed E-state index contributed by atoms with van der Waals surface area (Å²) < 4.78 is 51.8.